The van der Waals surface area contributed by atoms with Crippen molar-refractivity contribution in [3.63, 3.8) is 0 Å². The molecule has 0 aliphatic heterocycles. The van der Waals surface area contributed by atoms with Crippen LogP contribution in [0.25, 0.3) is 0 Å². The van der Waals surface area contributed by atoms with Crippen molar-refractivity contribution in [3.05, 3.63) is 11.6 Å². The lowest BCUT2D eigenvalue weighted by atomic mass is 10.2. The predicted octanol–water partition coefficient (Wildman–Crippen LogP) is 1.89. The third kappa shape index (κ3) is 5.75. The zero-order valence-corrected chi connectivity index (χ0v) is 9.71. The summed E-state index contributed by atoms with van der Waals surface area (Å²) in [5, 5.41) is 8.64. The Morgan fingerprint density at radius 1 is 1.36 bits per heavy atom. The summed E-state index contributed by atoms with van der Waals surface area (Å²) in [4.78, 5) is 10.5. The largest absolute Gasteiger partial charge is 0.478 e. The first-order valence-corrected chi connectivity index (χ1v) is 5.11. The van der Waals surface area contributed by atoms with Crippen LogP contribution in [0.5, 0.6) is 0 Å². The van der Waals surface area contributed by atoms with Gasteiger partial charge >= 0.3 is 5.97 Å². The summed E-state index contributed by atoms with van der Waals surface area (Å²) >= 11 is 0. The number of carboxylic acid groups (broad SMARTS) is 1. The lowest BCUT2D eigenvalue weighted by Gasteiger charge is -2.28. The van der Waals surface area contributed by atoms with Crippen LogP contribution in [0.4, 0.5) is 0 Å². The molecule has 0 saturated heterocycles. The first-order valence-electron chi connectivity index (χ1n) is 5.11. The summed E-state index contributed by atoms with van der Waals surface area (Å²) in [6.45, 7) is 5.94. The summed E-state index contributed by atoms with van der Waals surface area (Å²) in [5.74, 6) is -0.814. The van der Waals surface area contributed by atoms with Crippen LogP contribution in [0.3, 0.4) is 0 Å². The molecule has 0 rings (SSSR count). The number of quaternary nitrogens is 1. The molecule has 0 aromatic rings. The van der Waals surface area contributed by atoms with E-state index in [0.717, 1.165) is 30.4 Å². The van der Waals surface area contributed by atoms with Gasteiger partial charge in [0.2, 0.25) is 0 Å². The van der Waals surface area contributed by atoms with Crippen LogP contribution < -0.4 is 0 Å². The summed E-state index contributed by atoms with van der Waals surface area (Å²) in [5.41, 5.74) is 0.446. The van der Waals surface area contributed by atoms with Gasteiger partial charge in [-0.25, -0.2) is 4.79 Å². The molecule has 0 aliphatic rings. The van der Waals surface area contributed by atoms with E-state index in [2.05, 4.69) is 21.0 Å². The smallest absolute Gasteiger partial charge is 0.330 e. The molecule has 0 radical (unpaired) electrons. The molecule has 0 saturated carbocycles. The van der Waals surface area contributed by atoms with Gasteiger partial charge in [-0.05, 0) is 13.3 Å². The van der Waals surface area contributed by atoms with Gasteiger partial charge in [0.25, 0.3) is 0 Å². The number of aliphatic carboxylic acids is 1. The summed E-state index contributed by atoms with van der Waals surface area (Å²) < 4.78 is 0.958. The van der Waals surface area contributed by atoms with Crippen molar-refractivity contribution in [2.45, 2.75) is 26.7 Å². The number of nitrogens with zero attached hydrogens (tertiary/aromatic N) is 1. The Hall–Kier alpha value is -0.830. The molecule has 0 bridgehead atoms. The molecule has 0 atom stereocenters. The topological polar surface area (TPSA) is 37.3 Å². The molecule has 1 N–H and O–H groups in total. The normalized spacial score (nSPS) is 13.0. The fourth-order valence-electron chi connectivity index (χ4n) is 1.43. The van der Waals surface area contributed by atoms with Crippen LogP contribution in [0, 0.1) is 0 Å². The number of rotatable bonds is 6. The number of carboxylic acids is 1. The Bertz CT molecular complexity index is 219. The third-order valence-electron chi connectivity index (χ3n) is 2.35. The van der Waals surface area contributed by atoms with Gasteiger partial charge in [-0.1, -0.05) is 13.0 Å². The minimum atomic E-state index is -0.814. The van der Waals surface area contributed by atoms with E-state index in [4.69, 9.17) is 5.11 Å². The van der Waals surface area contributed by atoms with Gasteiger partial charge in [0.15, 0.2) is 0 Å². The van der Waals surface area contributed by atoms with E-state index < -0.39 is 5.97 Å². The van der Waals surface area contributed by atoms with Crippen molar-refractivity contribution in [1.29, 1.82) is 0 Å². The van der Waals surface area contributed by atoms with E-state index in [9.17, 15) is 4.79 Å². The average Bonchev–Trinajstić information content (AvgIpc) is 2.03. The molecule has 0 aromatic carbocycles. The van der Waals surface area contributed by atoms with Gasteiger partial charge in [-0.2, -0.15) is 0 Å². The Morgan fingerprint density at radius 2 is 1.93 bits per heavy atom. The zero-order valence-electron chi connectivity index (χ0n) is 9.71. The Kier molecular flexibility index (Phi) is 5.46. The highest BCUT2D eigenvalue weighted by Gasteiger charge is 2.11. The second-order valence-corrected chi connectivity index (χ2v) is 4.36. The predicted molar refractivity (Wildman–Crippen MR) is 58.1 cm³/mol. The zero-order chi connectivity index (χ0) is 11.2. The average molecular weight is 200 g/mol. The molecular weight excluding hydrogens is 178 g/mol. The molecule has 0 fully saturated rings. The van der Waals surface area contributed by atoms with Crippen LogP contribution in [0.15, 0.2) is 11.6 Å². The van der Waals surface area contributed by atoms with Crippen molar-refractivity contribution < 1.29 is 14.4 Å². The maximum absolute atomic E-state index is 10.5. The fraction of sp³-hybridized carbons (Fsp3) is 0.727. The SMILES string of the molecule is CCC[N+](C)(C)CCC=C(C)C(=O)O. The van der Waals surface area contributed by atoms with Gasteiger partial charge in [-0.15, -0.1) is 0 Å². The van der Waals surface area contributed by atoms with E-state index in [1.165, 1.54) is 0 Å². The lowest BCUT2D eigenvalue weighted by molar-refractivity contribution is -0.890. The van der Waals surface area contributed by atoms with Crippen LogP contribution >= 0.6 is 0 Å². The monoisotopic (exact) mass is 200 g/mol. The number of hydrogen-bond acceptors (Lipinski definition) is 1. The lowest BCUT2D eigenvalue weighted by Crippen LogP contribution is -2.40. The van der Waals surface area contributed by atoms with Crippen molar-refractivity contribution >= 4 is 5.97 Å². The second kappa shape index (κ2) is 5.81. The summed E-state index contributed by atoms with van der Waals surface area (Å²) in [6, 6.07) is 0. The van der Waals surface area contributed by atoms with Crippen molar-refractivity contribution in [2.75, 3.05) is 27.2 Å². The summed E-state index contributed by atoms with van der Waals surface area (Å²) in [6.07, 6.45) is 3.80. The third-order valence-corrected chi connectivity index (χ3v) is 2.35. The second-order valence-electron chi connectivity index (χ2n) is 4.36. The van der Waals surface area contributed by atoms with E-state index in [1.54, 1.807) is 13.0 Å². The molecule has 0 heterocycles. The van der Waals surface area contributed by atoms with Crippen molar-refractivity contribution in [3.8, 4) is 0 Å². The van der Waals surface area contributed by atoms with Crippen molar-refractivity contribution in [1.82, 2.24) is 0 Å². The van der Waals surface area contributed by atoms with Gasteiger partial charge < -0.3 is 9.59 Å². The molecule has 0 spiro atoms. The molecule has 14 heavy (non-hydrogen) atoms. The van der Waals surface area contributed by atoms with Crippen LogP contribution in [0.2, 0.25) is 0 Å². The maximum Gasteiger partial charge on any atom is 0.330 e. The molecular formula is C11H22NO2+. The number of hydrogen-bond donors (Lipinski definition) is 1. The molecule has 0 aromatic heterocycles. The van der Waals surface area contributed by atoms with Gasteiger partial charge in [0.1, 0.15) is 0 Å². The van der Waals surface area contributed by atoms with Crippen molar-refractivity contribution in [2.24, 2.45) is 0 Å². The van der Waals surface area contributed by atoms with Crippen LogP contribution in [-0.4, -0.2) is 42.7 Å². The Labute approximate surface area is 86.6 Å². The maximum atomic E-state index is 10.5. The van der Waals surface area contributed by atoms with Crippen LogP contribution in [0.1, 0.15) is 26.7 Å². The Balaban J connectivity index is 3.94. The molecule has 82 valence electrons. The number of carbonyl (C=O) groups is 1. The van der Waals surface area contributed by atoms with Gasteiger partial charge in [0.05, 0.1) is 27.2 Å². The quantitative estimate of drug-likeness (QED) is 0.525. The molecule has 3 nitrogen and oxygen atoms in total. The van der Waals surface area contributed by atoms with Gasteiger partial charge in [-0.3, -0.25) is 0 Å². The van der Waals surface area contributed by atoms with E-state index in [-0.39, 0.29) is 0 Å². The van der Waals surface area contributed by atoms with Crippen LogP contribution in [-0.2, 0) is 4.79 Å². The highest BCUT2D eigenvalue weighted by molar-refractivity contribution is 5.85. The van der Waals surface area contributed by atoms with E-state index in [0.29, 0.717) is 5.57 Å². The fourth-order valence-corrected chi connectivity index (χ4v) is 1.43. The highest BCUT2D eigenvalue weighted by atomic mass is 16.4. The van der Waals surface area contributed by atoms with E-state index >= 15 is 0 Å². The van der Waals surface area contributed by atoms with Gasteiger partial charge in [0, 0.05) is 12.0 Å². The minimum Gasteiger partial charge on any atom is -0.478 e. The minimum absolute atomic E-state index is 0.446. The first kappa shape index (κ1) is 13.2. The molecule has 0 amide bonds. The molecule has 0 unspecified atom stereocenters. The standard InChI is InChI=1S/C11H21NO2/c1-5-8-12(3,4)9-6-7-10(2)11(13)14/h7H,5-6,8-9H2,1-4H3/p+1. The highest BCUT2D eigenvalue weighted by Crippen LogP contribution is 2.03. The van der Waals surface area contributed by atoms with E-state index in [1.807, 2.05) is 0 Å². The molecule has 0 aliphatic carbocycles. The first-order chi connectivity index (χ1) is 6.39. The molecule has 3 heteroatoms. The Morgan fingerprint density at radius 3 is 2.36 bits per heavy atom. The summed E-state index contributed by atoms with van der Waals surface area (Å²) in [7, 11) is 4.35.